The SMILES string of the molecule is CCCc1cc(OC)ccc1S(=O)(=O)NCC(O)C(Cc1ccccc1)NC(=O)C(C)CS(C)(=O)=O. The highest BCUT2D eigenvalue weighted by molar-refractivity contribution is 7.90. The molecule has 0 aliphatic rings. The van der Waals surface area contributed by atoms with Crippen molar-refractivity contribution in [3.05, 3.63) is 59.7 Å². The van der Waals surface area contributed by atoms with Gasteiger partial charge >= 0.3 is 0 Å². The van der Waals surface area contributed by atoms with Gasteiger partial charge in [0.05, 0.1) is 29.9 Å². The number of methoxy groups -OCH3 is 1. The van der Waals surface area contributed by atoms with Crippen molar-refractivity contribution in [2.75, 3.05) is 25.7 Å². The molecule has 0 aliphatic carbocycles. The lowest BCUT2D eigenvalue weighted by molar-refractivity contribution is -0.125. The highest BCUT2D eigenvalue weighted by Crippen LogP contribution is 2.23. The minimum atomic E-state index is -3.97. The second-order valence-corrected chi connectivity index (χ2v) is 12.9. The summed E-state index contributed by atoms with van der Waals surface area (Å²) in [6.07, 6.45) is 1.26. The maximum atomic E-state index is 13.1. The number of aliphatic hydroxyl groups is 1. The molecule has 0 saturated heterocycles. The van der Waals surface area contributed by atoms with Crippen molar-refractivity contribution in [1.82, 2.24) is 10.0 Å². The maximum Gasteiger partial charge on any atom is 0.240 e. The van der Waals surface area contributed by atoms with Crippen LogP contribution in [0.4, 0.5) is 0 Å². The summed E-state index contributed by atoms with van der Waals surface area (Å²) in [5, 5.41) is 13.6. The average Bonchev–Trinajstić information content (AvgIpc) is 2.81. The van der Waals surface area contributed by atoms with Crippen LogP contribution in [0.25, 0.3) is 0 Å². The Kier molecular flexibility index (Phi) is 10.9. The lowest BCUT2D eigenvalue weighted by atomic mass is 10.0. The van der Waals surface area contributed by atoms with Crippen molar-refractivity contribution in [3.63, 3.8) is 0 Å². The second-order valence-electron chi connectivity index (χ2n) is 8.94. The van der Waals surface area contributed by atoms with Crippen LogP contribution in [0.15, 0.2) is 53.4 Å². The van der Waals surface area contributed by atoms with Crippen LogP contribution in [0, 0.1) is 5.92 Å². The van der Waals surface area contributed by atoms with Gasteiger partial charge in [0.1, 0.15) is 15.6 Å². The van der Waals surface area contributed by atoms with Crippen LogP contribution < -0.4 is 14.8 Å². The Balaban J connectivity index is 2.21. The van der Waals surface area contributed by atoms with E-state index in [0.29, 0.717) is 17.7 Å². The molecule has 3 unspecified atom stereocenters. The number of aliphatic hydroxyl groups excluding tert-OH is 1. The molecule has 0 saturated carbocycles. The zero-order valence-corrected chi connectivity index (χ0v) is 22.7. The summed E-state index contributed by atoms with van der Waals surface area (Å²) < 4.78 is 57.0. The van der Waals surface area contributed by atoms with Crippen molar-refractivity contribution in [2.24, 2.45) is 5.92 Å². The van der Waals surface area contributed by atoms with E-state index in [4.69, 9.17) is 4.74 Å². The first-order valence-corrected chi connectivity index (χ1v) is 15.3. The quantitative estimate of drug-likeness (QED) is 0.331. The van der Waals surface area contributed by atoms with Gasteiger partial charge in [-0.25, -0.2) is 21.6 Å². The van der Waals surface area contributed by atoms with Crippen molar-refractivity contribution in [1.29, 1.82) is 0 Å². The standard InChI is InChI=1S/C25H36N2O7S2/c1-5-9-20-15-21(34-3)12-13-24(20)36(32,33)26-16-23(28)22(14-19-10-7-6-8-11-19)27-25(29)18(2)17-35(4,30)31/h6-8,10-13,15,18,22-23,26,28H,5,9,14,16-17H2,1-4H3,(H,27,29). The highest BCUT2D eigenvalue weighted by atomic mass is 32.2. The number of ether oxygens (including phenoxy) is 1. The Labute approximate surface area is 214 Å². The van der Waals surface area contributed by atoms with Crippen LogP contribution in [0.5, 0.6) is 5.75 Å². The normalized spacial score (nSPS) is 14.6. The van der Waals surface area contributed by atoms with E-state index in [1.807, 2.05) is 37.3 Å². The molecule has 11 heteroatoms. The Morgan fingerprint density at radius 1 is 1.08 bits per heavy atom. The molecule has 0 fully saturated rings. The molecule has 3 atom stereocenters. The number of nitrogens with one attached hydrogen (secondary N) is 2. The van der Waals surface area contributed by atoms with Gasteiger partial charge in [-0.2, -0.15) is 0 Å². The van der Waals surface area contributed by atoms with E-state index < -0.39 is 43.8 Å². The van der Waals surface area contributed by atoms with Crippen LogP contribution in [-0.4, -0.2) is 65.7 Å². The Bertz CT molecular complexity index is 1220. The number of aryl methyl sites for hydroxylation is 1. The Hall–Kier alpha value is -2.47. The van der Waals surface area contributed by atoms with Crippen molar-refractivity contribution in [2.45, 2.75) is 50.2 Å². The number of hydrogen-bond acceptors (Lipinski definition) is 7. The van der Waals surface area contributed by atoms with Crippen LogP contribution in [0.1, 0.15) is 31.4 Å². The molecule has 2 aromatic rings. The number of amides is 1. The molecule has 0 bridgehead atoms. The first-order chi connectivity index (χ1) is 16.9. The topological polar surface area (TPSA) is 139 Å². The number of carbonyl (C=O) groups is 1. The number of benzene rings is 2. The molecular formula is C25H36N2O7S2. The first-order valence-electron chi connectivity index (χ1n) is 11.7. The van der Waals surface area contributed by atoms with Crippen LogP contribution in [-0.2, 0) is 37.5 Å². The summed E-state index contributed by atoms with van der Waals surface area (Å²) in [5.74, 6) is -1.16. The van der Waals surface area contributed by atoms with Gasteiger partial charge in [-0.1, -0.05) is 50.6 Å². The third kappa shape index (κ3) is 9.20. The van der Waals surface area contributed by atoms with E-state index in [-0.39, 0.29) is 23.6 Å². The van der Waals surface area contributed by atoms with Crippen LogP contribution in [0.3, 0.4) is 0 Å². The van der Waals surface area contributed by atoms with Gasteiger partial charge in [0.25, 0.3) is 0 Å². The summed E-state index contributed by atoms with van der Waals surface area (Å²) >= 11 is 0. The van der Waals surface area contributed by atoms with Gasteiger partial charge in [-0.3, -0.25) is 4.79 Å². The molecule has 3 N–H and O–H groups in total. The minimum Gasteiger partial charge on any atom is -0.497 e. The van der Waals surface area contributed by atoms with E-state index in [1.54, 1.807) is 12.1 Å². The molecule has 2 rings (SSSR count). The zero-order valence-electron chi connectivity index (χ0n) is 21.1. The Morgan fingerprint density at radius 3 is 2.33 bits per heavy atom. The maximum absolute atomic E-state index is 13.1. The third-order valence-corrected chi connectivity index (χ3v) is 8.28. The molecule has 200 valence electrons. The van der Waals surface area contributed by atoms with Gasteiger partial charge in [0.15, 0.2) is 0 Å². The Morgan fingerprint density at radius 2 is 1.75 bits per heavy atom. The summed E-state index contributed by atoms with van der Waals surface area (Å²) in [6, 6.07) is 13.0. The fourth-order valence-corrected chi connectivity index (χ4v) is 6.19. The number of sulfonamides is 1. The van der Waals surface area contributed by atoms with E-state index in [2.05, 4.69) is 10.0 Å². The van der Waals surface area contributed by atoms with Crippen molar-refractivity contribution in [3.8, 4) is 5.75 Å². The average molecular weight is 541 g/mol. The molecule has 0 aliphatic heterocycles. The summed E-state index contributed by atoms with van der Waals surface area (Å²) in [4.78, 5) is 12.8. The smallest absolute Gasteiger partial charge is 0.240 e. The number of rotatable bonds is 14. The van der Waals surface area contributed by atoms with Crippen LogP contribution in [0.2, 0.25) is 0 Å². The highest BCUT2D eigenvalue weighted by Gasteiger charge is 2.28. The van der Waals surface area contributed by atoms with Gasteiger partial charge in [0.2, 0.25) is 15.9 Å². The lowest BCUT2D eigenvalue weighted by Gasteiger charge is -2.26. The molecule has 0 heterocycles. The summed E-state index contributed by atoms with van der Waals surface area (Å²) in [7, 11) is -5.84. The molecule has 1 amide bonds. The van der Waals surface area contributed by atoms with Gasteiger partial charge in [0, 0.05) is 18.7 Å². The van der Waals surface area contributed by atoms with Crippen molar-refractivity contribution < 1.29 is 31.5 Å². The fourth-order valence-electron chi connectivity index (χ4n) is 3.83. The molecule has 0 aromatic heterocycles. The molecule has 0 spiro atoms. The molecule has 0 radical (unpaired) electrons. The van der Waals surface area contributed by atoms with Gasteiger partial charge in [-0.15, -0.1) is 0 Å². The third-order valence-electron chi connectivity index (χ3n) is 5.65. The minimum absolute atomic E-state index is 0.0998. The first kappa shape index (κ1) is 29.8. The lowest BCUT2D eigenvalue weighted by Crippen LogP contribution is -2.51. The molecule has 2 aromatic carbocycles. The number of sulfone groups is 1. The predicted molar refractivity (Wildman–Crippen MR) is 139 cm³/mol. The molecular weight excluding hydrogens is 504 g/mol. The summed E-state index contributed by atoms with van der Waals surface area (Å²) in [6.45, 7) is 3.08. The van der Waals surface area contributed by atoms with Gasteiger partial charge < -0.3 is 15.2 Å². The van der Waals surface area contributed by atoms with E-state index >= 15 is 0 Å². The largest absolute Gasteiger partial charge is 0.497 e. The van der Waals surface area contributed by atoms with E-state index in [0.717, 1.165) is 18.2 Å². The predicted octanol–water partition coefficient (Wildman–Crippen LogP) is 1.70. The zero-order chi connectivity index (χ0) is 26.9. The molecule has 9 nitrogen and oxygen atoms in total. The molecule has 36 heavy (non-hydrogen) atoms. The fraction of sp³-hybridized carbons (Fsp3) is 0.480. The monoisotopic (exact) mass is 540 g/mol. The van der Waals surface area contributed by atoms with Crippen molar-refractivity contribution >= 4 is 25.8 Å². The van der Waals surface area contributed by atoms with Gasteiger partial charge in [-0.05, 0) is 42.2 Å². The second kappa shape index (κ2) is 13.2. The van der Waals surface area contributed by atoms with Crippen LogP contribution >= 0.6 is 0 Å². The van der Waals surface area contributed by atoms with E-state index in [1.165, 1.54) is 20.1 Å². The van der Waals surface area contributed by atoms with E-state index in [9.17, 15) is 26.7 Å². The number of carbonyl (C=O) groups excluding carboxylic acids is 1. The number of hydrogen-bond donors (Lipinski definition) is 3. The summed E-state index contributed by atoms with van der Waals surface area (Å²) in [5.41, 5.74) is 1.42.